The summed E-state index contributed by atoms with van der Waals surface area (Å²) in [5, 5.41) is 13.8. The summed E-state index contributed by atoms with van der Waals surface area (Å²) in [4.78, 5) is 34.0. The number of hydrogen-bond acceptors (Lipinski definition) is 5. The van der Waals surface area contributed by atoms with Crippen LogP contribution in [0.4, 0.5) is 4.79 Å². The highest BCUT2D eigenvalue weighted by molar-refractivity contribution is 5.82. The third-order valence-corrected chi connectivity index (χ3v) is 4.82. The first-order chi connectivity index (χ1) is 14.5. The summed E-state index contributed by atoms with van der Waals surface area (Å²) >= 11 is 0. The molecule has 0 saturated heterocycles. The van der Waals surface area contributed by atoms with Crippen LogP contribution in [0.15, 0.2) is 48.5 Å². The zero-order chi connectivity index (χ0) is 21.5. The molecule has 2 aromatic rings. The minimum atomic E-state index is -1.19. The van der Waals surface area contributed by atoms with Gasteiger partial charge in [-0.1, -0.05) is 48.5 Å². The van der Waals surface area contributed by atoms with E-state index in [0.29, 0.717) is 0 Å². The fourth-order valence-electron chi connectivity index (χ4n) is 3.50. The van der Waals surface area contributed by atoms with E-state index in [2.05, 4.69) is 22.8 Å². The molecule has 0 aliphatic heterocycles. The second kappa shape index (κ2) is 9.89. The van der Waals surface area contributed by atoms with Gasteiger partial charge in [0, 0.05) is 19.4 Å². The van der Waals surface area contributed by atoms with E-state index in [1.54, 1.807) is 0 Å². The third-order valence-electron chi connectivity index (χ3n) is 4.82. The SMILES string of the molecule is CC(=O)NC(COCCNC(=O)OCC1c2ccccc2-c2ccccc21)C(=O)O. The molecule has 0 aromatic heterocycles. The number of carboxylic acid groups (broad SMARTS) is 1. The van der Waals surface area contributed by atoms with E-state index in [0.717, 1.165) is 22.3 Å². The van der Waals surface area contributed by atoms with Crippen LogP contribution in [0.25, 0.3) is 11.1 Å². The van der Waals surface area contributed by atoms with Crippen molar-refractivity contribution in [3.05, 3.63) is 59.7 Å². The molecule has 1 aliphatic rings. The van der Waals surface area contributed by atoms with E-state index >= 15 is 0 Å². The molecular weight excluding hydrogens is 388 g/mol. The maximum Gasteiger partial charge on any atom is 0.407 e. The summed E-state index contributed by atoms with van der Waals surface area (Å²) in [5.74, 6) is -1.66. The quantitative estimate of drug-likeness (QED) is 0.544. The lowest BCUT2D eigenvalue weighted by molar-refractivity contribution is -0.143. The molecule has 3 rings (SSSR count). The smallest absolute Gasteiger partial charge is 0.407 e. The molecular formula is C22H24N2O6. The van der Waals surface area contributed by atoms with E-state index in [4.69, 9.17) is 14.6 Å². The van der Waals surface area contributed by atoms with Crippen LogP contribution in [0.1, 0.15) is 24.0 Å². The molecule has 1 atom stereocenters. The van der Waals surface area contributed by atoms with Crippen molar-refractivity contribution in [3.8, 4) is 11.1 Å². The summed E-state index contributed by atoms with van der Waals surface area (Å²) in [6.07, 6.45) is -0.572. The highest BCUT2D eigenvalue weighted by Crippen LogP contribution is 2.44. The molecule has 8 nitrogen and oxygen atoms in total. The molecule has 30 heavy (non-hydrogen) atoms. The van der Waals surface area contributed by atoms with Crippen molar-refractivity contribution in [2.45, 2.75) is 18.9 Å². The van der Waals surface area contributed by atoms with E-state index in [-0.39, 0.29) is 32.3 Å². The van der Waals surface area contributed by atoms with Crippen LogP contribution in [0, 0.1) is 0 Å². The maximum atomic E-state index is 12.0. The van der Waals surface area contributed by atoms with Crippen molar-refractivity contribution < 1.29 is 29.0 Å². The second-order valence-corrected chi connectivity index (χ2v) is 6.92. The number of carbonyl (C=O) groups excluding carboxylic acids is 2. The molecule has 0 spiro atoms. The molecule has 0 bridgehead atoms. The Morgan fingerprint density at radius 3 is 2.20 bits per heavy atom. The lowest BCUT2D eigenvalue weighted by Gasteiger charge is -2.15. The molecule has 2 aromatic carbocycles. The second-order valence-electron chi connectivity index (χ2n) is 6.92. The Morgan fingerprint density at radius 2 is 1.63 bits per heavy atom. The van der Waals surface area contributed by atoms with E-state index in [1.807, 2.05) is 36.4 Å². The fraction of sp³-hybridized carbons (Fsp3) is 0.318. The van der Waals surface area contributed by atoms with Gasteiger partial charge in [0.2, 0.25) is 5.91 Å². The summed E-state index contributed by atoms with van der Waals surface area (Å²) in [6.45, 7) is 1.50. The Morgan fingerprint density at radius 1 is 1.03 bits per heavy atom. The summed E-state index contributed by atoms with van der Waals surface area (Å²) < 4.78 is 10.6. The van der Waals surface area contributed by atoms with Crippen molar-refractivity contribution in [2.75, 3.05) is 26.4 Å². The Bertz CT molecular complexity index is 884. The Labute approximate surface area is 174 Å². The van der Waals surface area contributed by atoms with Crippen molar-refractivity contribution in [3.63, 3.8) is 0 Å². The molecule has 8 heteroatoms. The van der Waals surface area contributed by atoms with E-state index in [1.165, 1.54) is 6.92 Å². The van der Waals surface area contributed by atoms with Gasteiger partial charge in [0.05, 0.1) is 13.2 Å². The number of hydrogen-bond donors (Lipinski definition) is 3. The molecule has 0 fully saturated rings. The number of carbonyl (C=O) groups is 3. The van der Waals surface area contributed by atoms with Gasteiger partial charge < -0.3 is 25.2 Å². The predicted molar refractivity (Wildman–Crippen MR) is 109 cm³/mol. The Hall–Kier alpha value is -3.39. The molecule has 0 heterocycles. The molecule has 1 aliphatic carbocycles. The summed E-state index contributed by atoms with van der Waals surface area (Å²) in [7, 11) is 0. The third kappa shape index (κ3) is 5.15. The van der Waals surface area contributed by atoms with Gasteiger partial charge in [-0.15, -0.1) is 0 Å². The van der Waals surface area contributed by atoms with Gasteiger partial charge in [-0.2, -0.15) is 0 Å². The average Bonchev–Trinajstić information content (AvgIpc) is 3.04. The van der Waals surface area contributed by atoms with Gasteiger partial charge in [0.1, 0.15) is 6.61 Å². The first-order valence-corrected chi connectivity index (χ1v) is 9.64. The van der Waals surface area contributed by atoms with Gasteiger partial charge in [-0.3, -0.25) is 4.79 Å². The minimum Gasteiger partial charge on any atom is -0.480 e. The van der Waals surface area contributed by atoms with Gasteiger partial charge in [0.25, 0.3) is 0 Å². The number of amides is 2. The molecule has 0 saturated carbocycles. The fourth-order valence-corrected chi connectivity index (χ4v) is 3.50. The van der Waals surface area contributed by atoms with Crippen LogP contribution >= 0.6 is 0 Å². The van der Waals surface area contributed by atoms with Gasteiger partial charge >= 0.3 is 12.1 Å². The van der Waals surface area contributed by atoms with Gasteiger partial charge in [-0.05, 0) is 22.3 Å². The van der Waals surface area contributed by atoms with Crippen LogP contribution in [-0.4, -0.2) is 55.5 Å². The average molecular weight is 412 g/mol. The van der Waals surface area contributed by atoms with Crippen LogP contribution in [0.2, 0.25) is 0 Å². The topological polar surface area (TPSA) is 114 Å². The normalized spacial score (nSPS) is 13.1. The zero-order valence-corrected chi connectivity index (χ0v) is 16.6. The molecule has 3 N–H and O–H groups in total. The Balaban J connectivity index is 1.43. The zero-order valence-electron chi connectivity index (χ0n) is 16.6. The molecule has 1 unspecified atom stereocenters. The van der Waals surface area contributed by atoms with E-state index < -0.39 is 24.0 Å². The largest absolute Gasteiger partial charge is 0.480 e. The monoisotopic (exact) mass is 412 g/mol. The van der Waals surface area contributed by atoms with Crippen molar-refractivity contribution in [2.24, 2.45) is 0 Å². The standard InChI is InChI=1S/C22H24N2O6/c1-14(25)24-20(21(26)27)13-29-11-10-23-22(28)30-12-19-17-8-4-2-6-15(17)16-7-3-5-9-18(16)19/h2-9,19-20H,10-13H2,1H3,(H,23,28)(H,24,25)(H,26,27). The number of benzene rings is 2. The van der Waals surface area contributed by atoms with Gasteiger partial charge in [-0.25, -0.2) is 9.59 Å². The number of ether oxygens (including phenoxy) is 2. The van der Waals surface area contributed by atoms with Gasteiger partial charge in [0.15, 0.2) is 6.04 Å². The summed E-state index contributed by atoms with van der Waals surface area (Å²) in [5.41, 5.74) is 4.57. The van der Waals surface area contributed by atoms with Crippen molar-refractivity contribution in [1.82, 2.24) is 10.6 Å². The van der Waals surface area contributed by atoms with Crippen LogP contribution in [-0.2, 0) is 19.1 Å². The predicted octanol–water partition coefficient (Wildman–Crippen LogP) is 2.13. The molecule has 2 amide bonds. The van der Waals surface area contributed by atoms with Crippen LogP contribution < -0.4 is 10.6 Å². The Kier molecular flexibility index (Phi) is 7.03. The summed E-state index contributed by atoms with van der Waals surface area (Å²) in [6, 6.07) is 15.0. The number of nitrogens with one attached hydrogen (secondary N) is 2. The maximum absolute atomic E-state index is 12.0. The molecule has 158 valence electrons. The van der Waals surface area contributed by atoms with Crippen LogP contribution in [0.5, 0.6) is 0 Å². The first-order valence-electron chi connectivity index (χ1n) is 9.64. The minimum absolute atomic E-state index is 0.0200. The molecule has 0 radical (unpaired) electrons. The number of aliphatic carboxylic acids is 1. The number of alkyl carbamates (subject to hydrolysis) is 1. The lowest BCUT2D eigenvalue weighted by Crippen LogP contribution is -2.43. The van der Waals surface area contributed by atoms with Crippen molar-refractivity contribution in [1.29, 1.82) is 0 Å². The highest BCUT2D eigenvalue weighted by Gasteiger charge is 2.28. The number of carboxylic acids is 1. The van der Waals surface area contributed by atoms with Crippen LogP contribution in [0.3, 0.4) is 0 Å². The highest BCUT2D eigenvalue weighted by atomic mass is 16.5. The number of rotatable bonds is 9. The van der Waals surface area contributed by atoms with Crippen molar-refractivity contribution >= 4 is 18.0 Å². The first kappa shape index (κ1) is 21.3. The van der Waals surface area contributed by atoms with E-state index in [9.17, 15) is 14.4 Å². The number of fused-ring (bicyclic) bond motifs is 3. The lowest BCUT2D eigenvalue weighted by atomic mass is 9.98.